The lowest BCUT2D eigenvalue weighted by Gasteiger charge is -2.29. The second-order valence-electron chi connectivity index (χ2n) is 6.42. The van der Waals surface area contributed by atoms with Crippen LogP contribution in [0.25, 0.3) is 0 Å². The van der Waals surface area contributed by atoms with Gasteiger partial charge in [-0.25, -0.2) is 4.39 Å². The number of aryl methyl sites for hydroxylation is 1. The second-order valence-corrected chi connectivity index (χ2v) is 7.94. The van der Waals surface area contributed by atoms with E-state index >= 15 is 0 Å². The van der Waals surface area contributed by atoms with Gasteiger partial charge in [0, 0.05) is 24.6 Å². The third-order valence-electron chi connectivity index (χ3n) is 4.47. The van der Waals surface area contributed by atoms with Crippen molar-refractivity contribution in [3.05, 3.63) is 65.5 Å². The number of piperidine rings is 1. The molecule has 0 unspecified atom stereocenters. The topological polar surface area (TPSA) is 63.7 Å². The Morgan fingerprint density at radius 3 is 2.19 bits per heavy atom. The molecule has 1 heterocycles. The summed E-state index contributed by atoms with van der Waals surface area (Å²) in [6.45, 7) is 2.55. The largest absolute Gasteiger partial charge is 0.313 e. The third-order valence-corrected chi connectivity index (χ3v) is 5.72. The van der Waals surface area contributed by atoms with Crippen LogP contribution in [-0.2, 0) is 14.4 Å². The zero-order valence-electron chi connectivity index (χ0n) is 14.4. The van der Waals surface area contributed by atoms with Crippen molar-refractivity contribution >= 4 is 15.9 Å². The Balaban J connectivity index is 1.59. The average Bonchev–Trinajstić information content (AvgIpc) is 2.62. The van der Waals surface area contributed by atoms with E-state index in [1.165, 1.54) is 41.5 Å². The van der Waals surface area contributed by atoms with Gasteiger partial charge in [-0.3, -0.25) is 4.79 Å². The number of Topliss-reactive ketones (excluding diaryl/α,β-unsaturated/α-hetero) is 1. The molecule has 0 radical (unpaired) electrons. The Bertz CT molecular complexity index is 871. The SMILES string of the molecule is Cc1ccc(S(=O)(=O)ON2CCC(C(=O)c3ccc(F)cc3)CC2)cc1. The van der Waals surface area contributed by atoms with Crippen LogP contribution in [-0.4, -0.2) is 32.4 Å². The van der Waals surface area contributed by atoms with Gasteiger partial charge in [-0.1, -0.05) is 17.7 Å². The Morgan fingerprint density at radius 2 is 1.62 bits per heavy atom. The van der Waals surface area contributed by atoms with Gasteiger partial charge in [-0.05, 0) is 56.2 Å². The van der Waals surface area contributed by atoms with Crippen LogP contribution in [0.2, 0.25) is 0 Å². The highest BCUT2D eigenvalue weighted by molar-refractivity contribution is 7.86. The summed E-state index contributed by atoms with van der Waals surface area (Å²) in [5.41, 5.74) is 1.43. The zero-order chi connectivity index (χ0) is 18.7. The number of benzene rings is 2. The number of rotatable bonds is 5. The van der Waals surface area contributed by atoms with E-state index < -0.39 is 10.1 Å². The molecule has 7 heteroatoms. The van der Waals surface area contributed by atoms with Crippen molar-refractivity contribution in [2.24, 2.45) is 5.92 Å². The number of carbonyl (C=O) groups excluding carboxylic acids is 1. The fourth-order valence-corrected chi connectivity index (χ4v) is 3.91. The molecule has 2 aromatic rings. The summed E-state index contributed by atoms with van der Waals surface area (Å²) in [5, 5.41) is 1.38. The standard InChI is InChI=1S/C19H20FNO4S/c1-14-2-8-18(9-3-14)26(23,24)25-21-12-10-16(11-13-21)19(22)15-4-6-17(20)7-5-15/h2-9,16H,10-13H2,1H3. The molecule has 0 aromatic heterocycles. The highest BCUT2D eigenvalue weighted by Gasteiger charge is 2.29. The Labute approximate surface area is 152 Å². The van der Waals surface area contributed by atoms with Gasteiger partial charge >= 0.3 is 10.1 Å². The first-order valence-corrected chi connectivity index (χ1v) is 9.82. The third kappa shape index (κ3) is 4.35. The number of nitrogens with zero attached hydrogens (tertiary/aromatic N) is 1. The molecule has 0 N–H and O–H groups in total. The van der Waals surface area contributed by atoms with E-state index in [0.717, 1.165) is 5.56 Å². The molecule has 0 amide bonds. The molecule has 26 heavy (non-hydrogen) atoms. The Kier molecular flexibility index (Phi) is 5.50. The molecule has 3 rings (SSSR count). The number of halogens is 1. The molecule has 1 fully saturated rings. The van der Waals surface area contributed by atoms with Crippen molar-refractivity contribution in [2.45, 2.75) is 24.7 Å². The molecule has 5 nitrogen and oxygen atoms in total. The van der Waals surface area contributed by atoms with Crippen molar-refractivity contribution in [1.29, 1.82) is 0 Å². The number of hydrogen-bond donors (Lipinski definition) is 0. The number of hydroxylamine groups is 2. The molecule has 2 aromatic carbocycles. The summed E-state index contributed by atoms with van der Waals surface area (Å²) in [7, 11) is -3.87. The van der Waals surface area contributed by atoms with E-state index in [2.05, 4.69) is 0 Å². The molecule has 0 bridgehead atoms. The van der Waals surface area contributed by atoms with Crippen LogP contribution in [0.1, 0.15) is 28.8 Å². The lowest BCUT2D eigenvalue weighted by atomic mass is 9.89. The fraction of sp³-hybridized carbons (Fsp3) is 0.316. The summed E-state index contributed by atoms with van der Waals surface area (Å²) in [4.78, 5) is 12.6. The average molecular weight is 377 g/mol. The van der Waals surface area contributed by atoms with Crippen LogP contribution in [0.3, 0.4) is 0 Å². The minimum atomic E-state index is -3.87. The van der Waals surface area contributed by atoms with Crippen molar-refractivity contribution in [3.63, 3.8) is 0 Å². The minimum Gasteiger partial charge on any atom is -0.294 e. The maximum atomic E-state index is 13.0. The van der Waals surface area contributed by atoms with Crippen LogP contribution in [0.15, 0.2) is 53.4 Å². The summed E-state index contributed by atoms with van der Waals surface area (Å²) in [6.07, 6.45) is 0.971. The van der Waals surface area contributed by atoms with Crippen LogP contribution in [0.4, 0.5) is 4.39 Å². The number of carbonyl (C=O) groups is 1. The lowest BCUT2D eigenvalue weighted by Crippen LogP contribution is -2.37. The smallest absolute Gasteiger partial charge is 0.294 e. The molecule has 1 aliphatic rings. The molecule has 0 aliphatic carbocycles. The van der Waals surface area contributed by atoms with Gasteiger partial charge in [0.15, 0.2) is 5.78 Å². The summed E-state index contributed by atoms with van der Waals surface area (Å²) in [6, 6.07) is 11.9. The van der Waals surface area contributed by atoms with Gasteiger partial charge in [0.25, 0.3) is 0 Å². The van der Waals surface area contributed by atoms with E-state index in [9.17, 15) is 17.6 Å². The van der Waals surface area contributed by atoms with E-state index in [1.807, 2.05) is 6.92 Å². The van der Waals surface area contributed by atoms with Gasteiger partial charge in [-0.2, -0.15) is 17.8 Å². The highest BCUT2D eigenvalue weighted by atomic mass is 32.2. The minimum absolute atomic E-state index is 0.0500. The first-order valence-electron chi connectivity index (χ1n) is 8.41. The van der Waals surface area contributed by atoms with Gasteiger partial charge in [-0.15, -0.1) is 0 Å². The number of ketones is 1. The van der Waals surface area contributed by atoms with Crippen molar-refractivity contribution in [3.8, 4) is 0 Å². The summed E-state index contributed by atoms with van der Waals surface area (Å²) < 4.78 is 42.8. The molecule has 0 saturated carbocycles. The van der Waals surface area contributed by atoms with Crippen LogP contribution in [0.5, 0.6) is 0 Å². The predicted molar refractivity (Wildman–Crippen MR) is 94.5 cm³/mol. The van der Waals surface area contributed by atoms with Gasteiger partial charge in [0.2, 0.25) is 0 Å². The molecule has 0 spiro atoms. The summed E-state index contributed by atoms with van der Waals surface area (Å²) in [5.74, 6) is -0.653. The van der Waals surface area contributed by atoms with Crippen LogP contribution >= 0.6 is 0 Å². The summed E-state index contributed by atoms with van der Waals surface area (Å²) >= 11 is 0. The second kappa shape index (κ2) is 7.65. The first kappa shape index (κ1) is 18.7. The van der Waals surface area contributed by atoms with Gasteiger partial charge < -0.3 is 0 Å². The Morgan fingerprint density at radius 1 is 1.04 bits per heavy atom. The maximum absolute atomic E-state index is 13.0. The molecular weight excluding hydrogens is 357 g/mol. The normalized spacial score (nSPS) is 16.5. The molecule has 138 valence electrons. The zero-order valence-corrected chi connectivity index (χ0v) is 15.2. The molecule has 0 atom stereocenters. The predicted octanol–water partition coefficient (Wildman–Crippen LogP) is 3.35. The maximum Gasteiger partial charge on any atom is 0.313 e. The van der Waals surface area contributed by atoms with Crippen LogP contribution in [0, 0.1) is 18.7 Å². The van der Waals surface area contributed by atoms with E-state index in [0.29, 0.717) is 31.5 Å². The van der Waals surface area contributed by atoms with Crippen LogP contribution < -0.4 is 0 Å². The van der Waals surface area contributed by atoms with E-state index in [4.69, 9.17) is 4.28 Å². The molecule has 1 aliphatic heterocycles. The number of hydrogen-bond acceptors (Lipinski definition) is 5. The van der Waals surface area contributed by atoms with E-state index in [1.54, 1.807) is 12.1 Å². The van der Waals surface area contributed by atoms with Crippen molar-refractivity contribution in [2.75, 3.05) is 13.1 Å². The quantitative estimate of drug-likeness (QED) is 0.748. The highest BCUT2D eigenvalue weighted by Crippen LogP contribution is 2.24. The molecular formula is C19H20FNO4S. The Hall–Kier alpha value is -2.09. The van der Waals surface area contributed by atoms with E-state index in [-0.39, 0.29) is 22.4 Å². The molecule has 1 saturated heterocycles. The first-order chi connectivity index (χ1) is 12.3. The lowest BCUT2D eigenvalue weighted by molar-refractivity contribution is -0.0723. The monoisotopic (exact) mass is 377 g/mol. The fourth-order valence-electron chi connectivity index (χ4n) is 2.93. The van der Waals surface area contributed by atoms with Crippen molar-refractivity contribution < 1.29 is 21.9 Å². The van der Waals surface area contributed by atoms with Gasteiger partial charge in [0.1, 0.15) is 5.82 Å². The van der Waals surface area contributed by atoms with Gasteiger partial charge in [0.05, 0.1) is 4.90 Å². The van der Waals surface area contributed by atoms with Crippen molar-refractivity contribution in [1.82, 2.24) is 5.06 Å².